The average molecular weight is 673 g/mol. The smallest absolute Gasteiger partial charge is 0.267 e. The van der Waals surface area contributed by atoms with E-state index in [2.05, 4.69) is 59.5 Å². The van der Waals surface area contributed by atoms with E-state index in [0.717, 1.165) is 50.1 Å². The van der Waals surface area contributed by atoms with Crippen molar-refractivity contribution in [3.05, 3.63) is 191 Å². The molecule has 0 fully saturated rings. The highest BCUT2D eigenvalue weighted by Gasteiger charge is 2.19. The van der Waals surface area contributed by atoms with E-state index < -0.39 is 0 Å². The first-order chi connectivity index (χ1) is 25.6. The molecule has 7 heteroatoms. The van der Waals surface area contributed by atoms with Gasteiger partial charge >= 0.3 is 0 Å². The molecule has 0 amide bonds. The summed E-state index contributed by atoms with van der Waals surface area (Å²) in [6, 6.07) is 55.2. The number of aromatic nitrogens is 3. The molecule has 0 saturated carbocycles. The molecule has 0 spiro atoms. The third kappa shape index (κ3) is 4.64. The lowest BCUT2D eigenvalue weighted by Crippen LogP contribution is -2.28. The zero-order valence-corrected chi connectivity index (χ0v) is 27.7. The molecule has 0 aliphatic rings. The fraction of sp³-hybridized carbons (Fsp3) is 0. The number of benzene rings is 7. The molecular formula is C45H28N4O3. The minimum Gasteiger partial charge on any atom is -0.456 e. The monoisotopic (exact) mass is 672 g/mol. The Bertz CT molecular complexity index is 3110. The van der Waals surface area contributed by atoms with Crippen LogP contribution in [0.2, 0.25) is 0 Å². The lowest BCUT2D eigenvalue weighted by molar-refractivity contribution is 0.669. The molecule has 0 radical (unpaired) electrons. The van der Waals surface area contributed by atoms with Gasteiger partial charge in [-0.15, -0.1) is 0 Å². The summed E-state index contributed by atoms with van der Waals surface area (Å²) < 4.78 is 9.20. The van der Waals surface area contributed by atoms with Gasteiger partial charge in [-0.25, -0.2) is 14.0 Å². The minimum atomic E-state index is -0.251. The predicted octanol–water partition coefficient (Wildman–Crippen LogP) is 10.2. The average Bonchev–Trinajstić information content (AvgIpc) is 3.57. The second kappa shape index (κ2) is 11.7. The van der Waals surface area contributed by atoms with Crippen molar-refractivity contribution in [3.8, 4) is 16.8 Å². The summed E-state index contributed by atoms with van der Waals surface area (Å²) in [6.45, 7) is 0. The summed E-state index contributed by atoms with van der Waals surface area (Å²) >= 11 is 0. The molecule has 3 heterocycles. The van der Waals surface area contributed by atoms with E-state index in [1.54, 1.807) is 16.5 Å². The van der Waals surface area contributed by atoms with Crippen LogP contribution in [-0.4, -0.2) is 14.0 Å². The first-order valence-corrected chi connectivity index (χ1v) is 17.0. The number of furan rings is 1. The lowest BCUT2D eigenvalue weighted by Gasteiger charge is -2.25. The molecule has 246 valence electrons. The second-order valence-electron chi connectivity index (χ2n) is 12.8. The van der Waals surface area contributed by atoms with E-state index in [0.29, 0.717) is 27.5 Å². The van der Waals surface area contributed by atoms with Crippen molar-refractivity contribution in [3.63, 3.8) is 0 Å². The van der Waals surface area contributed by atoms with Crippen LogP contribution in [0.4, 0.5) is 17.1 Å². The Kier molecular flexibility index (Phi) is 6.66. The highest BCUT2D eigenvalue weighted by molar-refractivity contribution is 6.06. The van der Waals surface area contributed by atoms with Gasteiger partial charge in [-0.3, -0.25) is 9.59 Å². The molecule has 3 aromatic heterocycles. The van der Waals surface area contributed by atoms with E-state index in [1.807, 2.05) is 103 Å². The minimum absolute atomic E-state index is 0.227. The summed E-state index contributed by atoms with van der Waals surface area (Å²) in [7, 11) is 0. The molecule has 52 heavy (non-hydrogen) atoms. The molecule has 0 aliphatic carbocycles. The van der Waals surface area contributed by atoms with Crippen LogP contribution in [0, 0.1) is 0 Å². The van der Waals surface area contributed by atoms with Gasteiger partial charge in [0.05, 0.1) is 27.5 Å². The van der Waals surface area contributed by atoms with Crippen molar-refractivity contribution in [2.45, 2.75) is 0 Å². The topological polar surface area (TPSA) is 72.8 Å². The molecule has 7 nitrogen and oxygen atoms in total. The first-order valence-electron chi connectivity index (χ1n) is 17.0. The Labute approximate surface area is 296 Å². The summed E-state index contributed by atoms with van der Waals surface area (Å²) in [5.74, 6) is 0.270. The van der Waals surface area contributed by atoms with Crippen molar-refractivity contribution < 1.29 is 4.42 Å². The Morgan fingerprint density at radius 2 is 1.12 bits per heavy atom. The van der Waals surface area contributed by atoms with Gasteiger partial charge in [0.15, 0.2) is 0 Å². The fourth-order valence-electron chi connectivity index (χ4n) is 7.27. The highest BCUT2D eigenvalue weighted by atomic mass is 16.3. The lowest BCUT2D eigenvalue weighted by atomic mass is 10.0. The van der Waals surface area contributed by atoms with Crippen LogP contribution >= 0.6 is 0 Å². The van der Waals surface area contributed by atoms with E-state index >= 15 is 0 Å². The maximum atomic E-state index is 14.4. The van der Waals surface area contributed by atoms with Crippen LogP contribution in [-0.2, 0) is 0 Å². The van der Waals surface area contributed by atoms with Gasteiger partial charge < -0.3 is 9.32 Å². The van der Waals surface area contributed by atoms with E-state index in [1.165, 1.54) is 4.57 Å². The molecule has 0 N–H and O–H groups in total. The number of rotatable bonds is 5. The van der Waals surface area contributed by atoms with Gasteiger partial charge in [-0.2, -0.15) is 0 Å². The van der Waals surface area contributed by atoms with Crippen LogP contribution in [0.25, 0.3) is 66.3 Å². The normalized spacial score (nSPS) is 11.6. The number of anilines is 3. The van der Waals surface area contributed by atoms with Crippen LogP contribution in [0.3, 0.4) is 0 Å². The van der Waals surface area contributed by atoms with Gasteiger partial charge in [0.1, 0.15) is 11.2 Å². The number of fused-ring (bicyclic) bond motifs is 7. The second-order valence-corrected chi connectivity index (χ2v) is 12.8. The highest BCUT2D eigenvalue weighted by Crippen LogP contribution is 2.39. The maximum Gasteiger partial charge on any atom is 0.267 e. The number of hydrogen-bond donors (Lipinski definition) is 0. The van der Waals surface area contributed by atoms with Crippen molar-refractivity contribution in [1.82, 2.24) is 14.0 Å². The fourth-order valence-corrected chi connectivity index (χ4v) is 7.27. The number of para-hydroxylation sites is 4. The third-order valence-electron chi connectivity index (χ3n) is 9.74. The standard InChI is InChI=1S/C45H28N4O3/c50-43-36-16-7-9-17-39(36)46-45-48(32-13-5-2-6-14-32)44(51)38-27-30(21-25-40(38)49(43)45)29-19-22-33(23-20-29)47(31-11-3-1-4-12-31)34-24-26-42-37(28-34)35-15-8-10-18-41(35)52-42/h1-28H. The van der Waals surface area contributed by atoms with Crippen molar-refractivity contribution in [1.29, 1.82) is 0 Å². The van der Waals surface area contributed by atoms with Gasteiger partial charge in [-0.05, 0) is 96.1 Å². The molecule has 0 atom stereocenters. The molecule has 10 aromatic rings. The Morgan fingerprint density at radius 3 is 1.92 bits per heavy atom. The molecule has 0 bridgehead atoms. The Balaban J connectivity index is 1.12. The SMILES string of the molecule is O=c1c2cc(-c3ccc(N(c4ccccc4)c4ccc5oc6ccccc6c5c4)cc3)ccc2n2c(=O)c3ccccc3nc2n1-c1ccccc1. The summed E-state index contributed by atoms with van der Waals surface area (Å²) in [5, 5.41) is 3.04. The zero-order valence-electron chi connectivity index (χ0n) is 27.7. The number of hydrogen-bond acceptors (Lipinski definition) is 5. The van der Waals surface area contributed by atoms with Crippen molar-refractivity contribution in [2.75, 3.05) is 4.90 Å². The maximum absolute atomic E-state index is 14.4. The van der Waals surface area contributed by atoms with Crippen LogP contribution in [0.15, 0.2) is 184 Å². The third-order valence-corrected chi connectivity index (χ3v) is 9.74. The van der Waals surface area contributed by atoms with E-state index in [-0.39, 0.29) is 16.9 Å². The summed E-state index contributed by atoms with van der Waals surface area (Å²) in [6.07, 6.45) is 0. The zero-order chi connectivity index (χ0) is 34.8. The molecule has 0 saturated heterocycles. The Hall–Kier alpha value is -7.25. The molecular weight excluding hydrogens is 645 g/mol. The Morgan fingerprint density at radius 1 is 0.481 bits per heavy atom. The van der Waals surface area contributed by atoms with Crippen LogP contribution < -0.4 is 16.0 Å². The van der Waals surface area contributed by atoms with Gasteiger partial charge in [0.2, 0.25) is 5.78 Å². The van der Waals surface area contributed by atoms with Crippen LogP contribution in [0.5, 0.6) is 0 Å². The summed E-state index contributed by atoms with van der Waals surface area (Å²) in [5.41, 5.74) is 7.69. The molecule has 10 rings (SSSR count). The van der Waals surface area contributed by atoms with E-state index in [9.17, 15) is 9.59 Å². The van der Waals surface area contributed by atoms with Crippen molar-refractivity contribution >= 4 is 66.6 Å². The molecule has 7 aromatic carbocycles. The number of nitrogens with zero attached hydrogens (tertiary/aromatic N) is 4. The molecule has 0 unspecified atom stereocenters. The quantitative estimate of drug-likeness (QED) is 0.134. The van der Waals surface area contributed by atoms with Crippen LogP contribution in [0.1, 0.15) is 0 Å². The summed E-state index contributed by atoms with van der Waals surface area (Å²) in [4.78, 5) is 35.4. The van der Waals surface area contributed by atoms with Gasteiger partial charge in [-0.1, -0.05) is 84.9 Å². The van der Waals surface area contributed by atoms with Gasteiger partial charge in [0.25, 0.3) is 11.1 Å². The van der Waals surface area contributed by atoms with E-state index in [4.69, 9.17) is 9.40 Å². The largest absolute Gasteiger partial charge is 0.456 e. The predicted molar refractivity (Wildman–Crippen MR) is 209 cm³/mol. The van der Waals surface area contributed by atoms with Gasteiger partial charge in [0, 0.05) is 27.8 Å². The molecule has 0 aliphatic heterocycles. The first kappa shape index (κ1) is 29.6. The van der Waals surface area contributed by atoms with Crippen molar-refractivity contribution in [2.24, 2.45) is 0 Å².